The summed E-state index contributed by atoms with van der Waals surface area (Å²) >= 11 is 4.78. The molecule has 8 nitrogen and oxygen atoms in total. The first kappa shape index (κ1) is 22.5. The first-order valence-corrected chi connectivity index (χ1v) is 11.3. The Hall–Kier alpha value is -2.67. The standard InChI is InChI=1S/C19H17BrF3N5O3S/c20-15-12(6-8-32-15)26-17(29)10-9-24-28-7-5-14(27-16(10)28)25-11-3-1-2-4-13(11)31-18(30)19(21,22)23/h5-9,11,13H,1-4H2,(H,25,27)(H,26,29)/t11-,13+/m1/s1. The van der Waals surface area contributed by atoms with Crippen LogP contribution >= 0.6 is 27.3 Å². The Morgan fingerprint density at radius 2 is 2.03 bits per heavy atom. The molecule has 0 bridgehead atoms. The van der Waals surface area contributed by atoms with Crippen LogP contribution < -0.4 is 10.6 Å². The summed E-state index contributed by atoms with van der Waals surface area (Å²) in [5.41, 5.74) is 1.12. The molecule has 0 aliphatic heterocycles. The van der Waals surface area contributed by atoms with Gasteiger partial charge in [-0.1, -0.05) is 6.42 Å². The highest BCUT2D eigenvalue weighted by Crippen LogP contribution is 2.29. The second kappa shape index (κ2) is 9.06. The lowest BCUT2D eigenvalue weighted by molar-refractivity contribution is -0.206. The number of nitrogens with zero attached hydrogens (tertiary/aromatic N) is 3. The number of halogens is 4. The van der Waals surface area contributed by atoms with Gasteiger partial charge in [0.1, 0.15) is 17.5 Å². The molecule has 1 aliphatic rings. The number of thiophene rings is 1. The molecular formula is C19H17BrF3N5O3S. The van der Waals surface area contributed by atoms with Gasteiger partial charge in [0.2, 0.25) is 0 Å². The quantitative estimate of drug-likeness (QED) is 0.465. The molecule has 0 radical (unpaired) electrons. The molecule has 13 heteroatoms. The van der Waals surface area contributed by atoms with E-state index in [1.807, 2.05) is 5.38 Å². The summed E-state index contributed by atoms with van der Waals surface area (Å²) in [6, 6.07) is 2.81. The molecule has 3 heterocycles. The lowest BCUT2D eigenvalue weighted by Gasteiger charge is -2.32. The number of hydrogen-bond donors (Lipinski definition) is 2. The van der Waals surface area contributed by atoms with E-state index in [2.05, 4.69) is 36.6 Å². The van der Waals surface area contributed by atoms with E-state index in [-0.39, 0.29) is 11.2 Å². The van der Waals surface area contributed by atoms with Crippen molar-refractivity contribution >= 4 is 56.3 Å². The number of amides is 1. The first-order valence-electron chi connectivity index (χ1n) is 9.65. The number of hydrogen-bond acceptors (Lipinski definition) is 7. The topological polar surface area (TPSA) is 97.6 Å². The zero-order valence-corrected chi connectivity index (χ0v) is 18.8. The van der Waals surface area contributed by atoms with Crippen molar-refractivity contribution in [1.29, 1.82) is 0 Å². The largest absolute Gasteiger partial charge is 0.490 e. The van der Waals surface area contributed by atoms with Crippen LogP contribution in [0.3, 0.4) is 0 Å². The molecule has 4 rings (SSSR count). The number of rotatable bonds is 5. The van der Waals surface area contributed by atoms with E-state index >= 15 is 0 Å². The predicted molar refractivity (Wildman–Crippen MR) is 115 cm³/mol. The summed E-state index contributed by atoms with van der Waals surface area (Å²) in [6.45, 7) is 0. The Balaban J connectivity index is 1.53. The summed E-state index contributed by atoms with van der Waals surface area (Å²) in [5.74, 6) is -2.27. The van der Waals surface area contributed by atoms with Gasteiger partial charge in [-0.25, -0.2) is 14.3 Å². The number of alkyl halides is 3. The monoisotopic (exact) mass is 531 g/mol. The average Bonchev–Trinajstić information content (AvgIpc) is 3.34. The molecule has 1 amide bonds. The number of nitrogens with one attached hydrogen (secondary N) is 2. The third-order valence-corrected chi connectivity index (χ3v) is 6.69. The van der Waals surface area contributed by atoms with E-state index in [0.29, 0.717) is 30.8 Å². The fourth-order valence-corrected chi connectivity index (χ4v) is 4.60. The zero-order chi connectivity index (χ0) is 22.9. The summed E-state index contributed by atoms with van der Waals surface area (Å²) in [4.78, 5) is 28.4. The van der Waals surface area contributed by atoms with Crippen molar-refractivity contribution in [1.82, 2.24) is 14.6 Å². The van der Waals surface area contributed by atoms with Gasteiger partial charge in [0, 0.05) is 6.20 Å². The molecule has 0 spiro atoms. The average molecular weight is 532 g/mol. The van der Waals surface area contributed by atoms with Crippen molar-refractivity contribution in [2.24, 2.45) is 0 Å². The summed E-state index contributed by atoms with van der Waals surface area (Å²) in [6.07, 6.45) is -0.742. The van der Waals surface area contributed by atoms with E-state index in [1.165, 1.54) is 22.0 Å². The molecule has 1 fully saturated rings. The molecule has 3 aromatic rings. The van der Waals surface area contributed by atoms with Crippen LogP contribution in [0.15, 0.2) is 33.7 Å². The number of anilines is 2. The van der Waals surface area contributed by atoms with Gasteiger partial charge in [-0.3, -0.25) is 4.79 Å². The maximum atomic E-state index is 12.7. The maximum absolute atomic E-state index is 12.7. The van der Waals surface area contributed by atoms with E-state index < -0.39 is 30.2 Å². The van der Waals surface area contributed by atoms with Gasteiger partial charge in [-0.2, -0.15) is 18.3 Å². The van der Waals surface area contributed by atoms with Crippen molar-refractivity contribution < 1.29 is 27.5 Å². The van der Waals surface area contributed by atoms with Crippen molar-refractivity contribution in [2.75, 3.05) is 10.6 Å². The number of carbonyl (C=O) groups excluding carboxylic acids is 2. The van der Waals surface area contributed by atoms with Gasteiger partial charge in [-0.15, -0.1) is 11.3 Å². The Morgan fingerprint density at radius 3 is 2.75 bits per heavy atom. The van der Waals surface area contributed by atoms with Crippen LogP contribution in [0.1, 0.15) is 36.0 Å². The van der Waals surface area contributed by atoms with Gasteiger partial charge < -0.3 is 15.4 Å². The molecule has 2 N–H and O–H groups in total. The molecule has 1 aliphatic carbocycles. The van der Waals surface area contributed by atoms with Crippen molar-refractivity contribution in [3.8, 4) is 0 Å². The summed E-state index contributed by atoms with van der Waals surface area (Å²) in [7, 11) is 0. The Bertz CT molecular complexity index is 1150. The second-order valence-corrected chi connectivity index (χ2v) is 9.41. The van der Waals surface area contributed by atoms with Crippen LogP contribution in [-0.4, -0.2) is 44.8 Å². The third-order valence-electron chi connectivity index (χ3n) is 5.01. The lowest BCUT2D eigenvalue weighted by atomic mass is 9.92. The summed E-state index contributed by atoms with van der Waals surface area (Å²) in [5, 5.41) is 11.8. The zero-order valence-electron chi connectivity index (χ0n) is 16.4. The maximum Gasteiger partial charge on any atom is 0.490 e. The number of fused-ring (bicyclic) bond motifs is 1. The first-order chi connectivity index (χ1) is 15.2. The van der Waals surface area contributed by atoms with Gasteiger partial charge in [0.05, 0.1) is 21.7 Å². The Kier molecular flexibility index (Phi) is 6.38. The molecule has 170 valence electrons. The normalized spacial score (nSPS) is 19.0. The second-order valence-electron chi connectivity index (χ2n) is 7.18. The minimum atomic E-state index is -5.05. The van der Waals surface area contributed by atoms with Crippen molar-refractivity contribution in [2.45, 2.75) is 44.0 Å². The van der Waals surface area contributed by atoms with Crippen LogP contribution in [0.5, 0.6) is 0 Å². The van der Waals surface area contributed by atoms with E-state index in [4.69, 9.17) is 4.74 Å². The van der Waals surface area contributed by atoms with Crippen LogP contribution in [0.2, 0.25) is 0 Å². The SMILES string of the molecule is O=C(Nc1ccsc1Br)c1cnn2ccc(N[C@@H]3CCCC[C@@H]3OC(=O)C(F)(F)F)nc12. The van der Waals surface area contributed by atoms with Crippen LogP contribution in [-0.2, 0) is 9.53 Å². The Labute approximate surface area is 192 Å². The molecule has 0 aromatic carbocycles. The number of aromatic nitrogens is 3. The van der Waals surface area contributed by atoms with Gasteiger partial charge in [0.15, 0.2) is 5.65 Å². The Morgan fingerprint density at radius 1 is 1.25 bits per heavy atom. The van der Waals surface area contributed by atoms with E-state index in [1.54, 1.807) is 18.3 Å². The molecule has 0 saturated heterocycles. The molecule has 32 heavy (non-hydrogen) atoms. The number of carbonyl (C=O) groups is 2. The van der Waals surface area contributed by atoms with E-state index in [0.717, 1.165) is 10.2 Å². The molecule has 3 aromatic heterocycles. The lowest BCUT2D eigenvalue weighted by Crippen LogP contribution is -2.42. The van der Waals surface area contributed by atoms with Crippen molar-refractivity contribution in [3.05, 3.63) is 39.3 Å². The fraction of sp³-hybridized carbons (Fsp3) is 0.368. The van der Waals surface area contributed by atoms with Crippen LogP contribution in [0, 0.1) is 0 Å². The van der Waals surface area contributed by atoms with Crippen LogP contribution in [0.25, 0.3) is 5.65 Å². The highest BCUT2D eigenvalue weighted by atomic mass is 79.9. The van der Waals surface area contributed by atoms with E-state index in [9.17, 15) is 22.8 Å². The number of esters is 1. The minimum Gasteiger partial charge on any atom is -0.454 e. The molecular weight excluding hydrogens is 515 g/mol. The molecule has 1 saturated carbocycles. The van der Waals surface area contributed by atoms with Gasteiger partial charge >= 0.3 is 12.1 Å². The fourth-order valence-electron chi connectivity index (χ4n) is 3.48. The third kappa shape index (κ3) is 4.88. The summed E-state index contributed by atoms with van der Waals surface area (Å²) < 4.78 is 44.8. The van der Waals surface area contributed by atoms with Gasteiger partial charge in [0.25, 0.3) is 5.91 Å². The van der Waals surface area contributed by atoms with Crippen LogP contribution in [0.4, 0.5) is 24.7 Å². The van der Waals surface area contributed by atoms with Crippen molar-refractivity contribution in [3.63, 3.8) is 0 Å². The highest BCUT2D eigenvalue weighted by Gasteiger charge is 2.43. The molecule has 2 atom stereocenters. The highest BCUT2D eigenvalue weighted by molar-refractivity contribution is 9.11. The van der Waals surface area contributed by atoms with Gasteiger partial charge in [-0.05, 0) is 52.7 Å². The predicted octanol–water partition coefficient (Wildman–Crippen LogP) is 4.63. The smallest absolute Gasteiger partial charge is 0.454 e. The molecule has 0 unspecified atom stereocenters. The minimum absolute atomic E-state index is 0.232. The number of ether oxygens (including phenoxy) is 1.